The van der Waals surface area contributed by atoms with Gasteiger partial charge in [-0.05, 0) is 24.3 Å². The van der Waals surface area contributed by atoms with Crippen molar-refractivity contribution in [2.75, 3.05) is 0 Å². The summed E-state index contributed by atoms with van der Waals surface area (Å²) < 4.78 is 16.5. The first-order valence-electron chi connectivity index (χ1n) is 7.91. The summed E-state index contributed by atoms with van der Waals surface area (Å²) in [5.74, 6) is -1.85. The van der Waals surface area contributed by atoms with Gasteiger partial charge >= 0.3 is 11.9 Å². The Morgan fingerprint density at radius 3 is 2.68 bits per heavy atom. The molecular formula is C18H15ClO6. The lowest BCUT2D eigenvalue weighted by Gasteiger charge is -2.38. The molecule has 1 aromatic carbocycles. The Balaban J connectivity index is 1.71. The summed E-state index contributed by atoms with van der Waals surface area (Å²) in [6.45, 7) is 5.51. The highest BCUT2D eigenvalue weighted by atomic mass is 35.5. The molecule has 1 saturated carbocycles. The molecule has 2 heterocycles. The third-order valence-electron chi connectivity index (χ3n) is 5.36. The highest BCUT2D eigenvalue weighted by Crippen LogP contribution is 2.58. The van der Waals surface area contributed by atoms with E-state index in [0.29, 0.717) is 5.02 Å². The molecule has 25 heavy (non-hydrogen) atoms. The van der Waals surface area contributed by atoms with Crippen LogP contribution < -0.4 is 0 Å². The van der Waals surface area contributed by atoms with Gasteiger partial charge in [-0.3, -0.25) is 9.59 Å². The minimum absolute atomic E-state index is 0.0819. The smallest absolute Gasteiger partial charge is 0.338 e. The van der Waals surface area contributed by atoms with Crippen LogP contribution >= 0.6 is 11.6 Å². The molecule has 2 saturated heterocycles. The van der Waals surface area contributed by atoms with Crippen LogP contribution in [0.5, 0.6) is 0 Å². The first-order valence-corrected chi connectivity index (χ1v) is 8.29. The lowest BCUT2D eigenvalue weighted by molar-refractivity contribution is -0.162. The minimum Gasteiger partial charge on any atom is -0.449 e. The molecule has 2 aliphatic heterocycles. The van der Waals surface area contributed by atoms with Crippen molar-refractivity contribution in [3.05, 3.63) is 47.2 Å². The van der Waals surface area contributed by atoms with E-state index in [1.54, 1.807) is 19.1 Å². The van der Waals surface area contributed by atoms with Crippen molar-refractivity contribution in [2.45, 2.75) is 31.7 Å². The van der Waals surface area contributed by atoms with Gasteiger partial charge < -0.3 is 14.2 Å². The van der Waals surface area contributed by atoms with Crippen LogP contribution in [0.2, 0.25) is 5.02 Å². The maximum absolute atomic E-state index is 12.6. The molecular weight excluding hydrogens is 348 g/mol. The van der Waals surface area contributed by atoms with Crippen LogP contribution in [-0.4, -0.2) is 36.0 Å². The van der Waals surface area contributed by atoms with Gasteiger partial charge in [0, 0.05) is 17.4 Å². The Bertz CT molecular complexity index is 800. The molecule has 1 spiro atoms. The number of Topliss-reactive ketones (excluding diaryl/α,β-unsaturated/α-hetero) is 1. The van der Waals surface area contributed by atoms with E-state index >= 15 is 0 Å². The van der Waals surface area contributed by atoms with E-state index in [0.717, 1.165) is 0 Å². The quantitative estimate of drug-likeness (QED) is 0.751. The first-order chi connectivity index (χ1) is 11.9. The van der Waals surface area contributed by atoms with Gasteiger partial charge in [-0.25, -0.2) is 4.79 Å². The van der Waals surface area contributed by atoms with Crippen LogP contribution in [0.3, 0.4) is 0 Å². The zero-order valence-corrected chi connectivity index (χ0v) is 14.1. The number of carbonyl (C=O) groups is 3. The lowest BCUT2D eigenvalue weighted by atomic mass is 9.63. The van der Waals surface area contributed by atoms with Crippen molar-refractivity contribution in [2.24, 2.45) is 11.3 Å². The molecule has 1 aromatic rings. The van der Waals surface area contributed by atoms with Crippen molar-refractivity contribution in [3.8, 4) is 0 Å². The Kier molecular flexibility index (Phi) is 3.53. The highest BCUT2D eigenvalue weighted by molar-refractivity contribution is 6.30. The maximum atomic E-state index is 12.6. The Labute approximate surface area is 148 Å². The molecule has 0 amide bonds. The number of hydrogen-bond acceptors (Lipinski definition) is 6. The second kappa shape index (κ2) is 5.41. The number of cyclic esters (lactones) is 1. The normalized spacial score (nSPS) is 36.2. The summed E-state index contributed by atoms with van der Waals surface area (Å²) in [5.41, 5.74) is -1.12. The van der Waals surface area contributed by atoms with Crippen molar-refractivity contribution < 1.29 is 28.6 Å². The zero-order chi connectivity index (χ0) is 17.9. The fourth-order valence-corrected chi connectivity index (χ4v) is 4.18. The van der Waals surface area contributed by atoms with E-state index in [1.165, 1.54) is 12.1 Å². The monoisotopic (exact) mass is 362 g/mol. The topological polar surface area (TPSA) is 78.9 Å². The third kappa shape index (κ3) is 2.10. The van der Waals surface area contributed by atoms with Gasteiger partial charge in [-0.15, -0.1) is 0 Å². The molecule has 0 aromatic heterocycles. The van der Waals surface area contributed by atoms with E-state index in [9.17, 15) is 14.4 Å². The fraction of sp³-hybridized carbons (Fsp3) is 0.389. The first kappa shape index (κ1) is 16.3. The van der Waals surface area contributed by atoms with Crippen LogP contribution in [0.1, 0.15) is 23.7 Å². The van der Waals surface area contributed by atoms with E-state index < -0.39 is 35.7 Å². The molecule has 130 valence electrons. The number of ketones is 1. The number of carbonyl (C=O) groups excluding carboxylic acids is 3. The average Bonchev–Trinajstić information content (AvgIpc) is 2.93. The predicted molar refractivity (Wildman–Crippen MR) is 85.8 cm³/mol. The number of esters is 2. The van der Waals surface area contributed by atoms with Crippen LogP contribution in [0.15, 0.2) is 36.6 Å². The molecule has 0 unspecified atom stereocenters. The van der Waals surface area contributed by atoms with Crippen molar-refractivity contribution in [3.63, 3.8) is 0 Å². The van der Waals surface area contributed by atoms with Crippen molar-refractivity contribution in [1.82, 2.24) is 0 Å². The molecule has 1 aliphatic carbocycles. The molecule has 3 fully saturated rings. The Hall–Kier alpha value is -2.18. The predicted octanol–water partition coefficient (Wildman–Crippen LogP) is 2.30. The molecule has 7 heteroatoms. The summed E-state index contributed by atoms with van der Waals surface area (Å²) >= 11 is 5.82. The molecule has 6 nitrogen and oxygen atoms in total. The summed E-state index contributed by atoms with van der Waals surface area (Å²) in [5, 5.41) is 0.472. The fourth-order valence-electron chi connectivity index (χ4n) is 4.05. The maximum Gasteiger partial charge on any atom is 0.338 e. The molecule has 0 radical (unpaired) electrons. The Morgan fingerprint density at radius 2 is 2.00 bits per heavy atom. The van der Waals surface area contributed by atoms with Crippen molar-refractivity contribution >= 4 is 29.3 Å². The van der Waals surface area contributed by atoms with Gasteiger partial charge in [0.1, 0.15) is 11.9 Å². The van der Waals surface area contributed by atoms with Gasteiger partial charge in [-0.2, -0.15) is 0 Å². The number of ether oxygens (including phenoxy) is 3. The number of benzene rings is 1. The van der Waals surface area contributed by atoms with Gasteiger partial charge in [0.25, 0.3) is 0 Å². The van der Waals surface area contributed by atoms with Crippen LogP contribution in [0.4, 0.5) is 0 Å². The van der Waals surface area contributed by atoms with E-state index in [4.69, 9.17) is 25.8 Å². The average molecular weight is 363 g/mol. The SMILES string of the molecule is C=C1OC(=O)[C@@]23[C@H](C)[C@@H](CC(=O)[C@@H]2OC(=O)c2ccc(Cl)cc2)O[C@@H]13. The zero-order valence-electron chi connectivity index (χ0n) is 13.4. The standard InChI is InChI=1S/C18H15ClO6/c1-8-13-7-12(20)15(18(8)14(24-13)9(2)23-17(18)22)25-16(21)10-3-5-11(19)6-4-10/h3-6,8,13-15H,2,7H2,1H3/t8-,13-,14+,15+,18-/m1/s1. The van der Waals surface area contributed by atoms with Crippen LogP contribution in [0.25, 0.3) is 0 Å². The Morgan fingerprint density at radius 1 is 1.32 bits per heavy atom. The summed E-state index contributed by atoms with van der Waals surface area (Å²) in [4.78, 5) is 37.7. The number of fused-ring (bicyclic) bond motifs is 1. The molecule has 4 rings (SSSR count). The van der Waals surface area contributed by atoms with E-state index in [-0.39, 0.29) is 29.4 Å². The number of halogens is 1. The molecule has 5 atom stereocenters. The molecule has 2 bridgehead atoms. The number of rotatable bonds is 2. The van der Waals surface area contributed by atoms with Gasteiger partial charge in [0.2, 0.25) is 0 Å². The third-order valence-corrected chi connectivity index (χ3v) is 5.61. The second-order valence-corrected chi connectivity index (χ2v) is 7.03. The van der Waals surface area contributed by atoms with E-state index in [2.05, 4.69) is 6.58 Å². The van der Waals surface area contributed by atoms with Gasteiger partial charge in [-0.1, -0.05) is 25.1 Å². The summed E-state index contributed by atoms with van der Waals surface area (Å²) in [6, 6.07) is 6.09. The molecule has 0 N–H and O–H groups in total. The largest absolute Gasteiger partial charge is 0.449 e. The summed E-state index contributed by atoms with van der Waals surface area (Å²) in [7, 11) is 0. The minimum atomic E-state index is -1.36. The second-order valence-electron chi connectivity index (χ2n) is 6.59. The van der Waals surface area contributed by atoms with E-state index in [1.807, 2.05) is 0 Å². The van der Waals surface area contributed by atoms with Gasteiger partial charge in [0.15, 0.2) is 17.3 Å². The molecule has 3 aliphatic rings. The van der Waals surface area contributed by atoms with Crippen molar-refractivity contribution in [1.29, 1.82) is 0 Å². The summed E-state index contributed by atoms with van der Waals surface area (Å²) in [6.07, 6.45) is -2.37. The lowest BCUT2D eigenvalue weighted by Crippen LogP contribution is -2.57. The van der Waals surface area contributed by atoms with Crippen LogP contribution in [-0.2, 0) is 23.8 Å². The van der Waals surface area contributed by atoms with Gasteiger partial charge in [0.05, 0.1) is 11.7 Å². The van der Waals surface area contributed by atoms with Crippen LogP contribution in [0, 0.1) is 11.3 Å². The highest BCUT2D eigenvalue weighted by Gasteiger charge is 2.74. The number of hydrogen-bond donors (Lipinski definition) is 0.